The lowest BCUT2D eigenvalue weighted by Gasteiger charge is -2.26. The minimum atomic E-state index is 0.168. The summed E-state index contributed by atoms with van der Waals surface area (Å²) < 4.78 is 5.93. The number of ether oxygens (including phenoxy) is 1. The second-order valence-corrected chi connectivity index (χ2v) is 5.84. The molecule has 0 radical (unpaired) electrons. The van der Waals surface area contributed by atoms with Gasteiger partial charge in [0.25, 0.3) is 0 Å². The summed E-state index contributed by atoms with van der Waals surface area (Å²) in [6.45, 7) is 2.63. The number of benzene rings is 2. The molecule has 0 spiro atoms. The summed E-state index contributed by atoms with van der Waals surface area (Å²) in [6, 6.07) is 17.4. The molecular weight excluding hydrogens is 272 g/mol. The number of fused-ring (bicyclic) bond motifs is 1. The third-order valence-electron chi connectivity index (χ3n) is 4.34. The van der Waals surface area contributed by atoms with E-state index in [0.29, 0.717) is 0 Å². The number of aromatic amines is 1. The highest BCUT2D eigenvalue weighted by Gasteiger charge is 2.18. The van der Waals surface area contributed by atoms with Gasteiger partial charge in [0.2, 0.25) is 0 Å². The zero-order valence-electron chi connectivity index (χ0n) is 12.5. The van der Waals surface area contributed by atoms with Crippen LogP contribution in [0.15, 0.2) is 54.7 Å². The van der Waals surface area contributed by atoms with E-state index in [-0.39, 0.29) is 6.10 Å². The zero-order chi connectivity index (χ0) is 14.8. The van der Waals surface area contributed by atoms with Crippen LogP contribution in [-0.2, 0) is 11.2 Å². The Balaban J connectivity index is 1.64. The highest BCUT2D eigenvalue weighted by Crippen LogP contribution is 2.25. The molecule has 1 aliphatic heterocycles. The van der Waals surface area contributed by atoms with Crippen LogP contribution in [-0.4, -0.2) is 24.7 Å². The van der Waals surface area contributed by atoms with Crippen LogP contribution in [0, 0.1) is 0 Å². The van der Waals surface area contributed by atoms with E-state index in [1.54, 1.807) is 0 Å². The lowest BCUT2D eigenvalue weighted by Crippen LogP contribution is -2.33. The number of hydrogen-bond donors (Lipinski definition) is 2. The Morgan fingerprint density at radius 2 is 2.05 bits per heavy atom. The van der Waals surface area contributed by atoms with Gasteiger partial charge in [0.1, 0.15) is 0 Å². The zero-order valence-corrected chi connectivity index (χ0v) is 12.5. The normalized spacial score (nSPS) is 18.6. The molecule has 112 valence electrons. The van der Waals surface area contributed by atoms with Crippen molar-refractivity contribution in [3.05, 3.63) is 71.4 Å². The van der Waals surface area contributed by atoms with Crippen molar-refractivity contribution in [1.82, 2.24) is 10.3 Å². The Morgan fingerprint density at radius 1 is 1.09 bits per heavy atom. The fourth-order valence-electron chi connectivity index (χ4n) is 3.21. The van der Waals surface area contributed by atoms with E-state index in [1.165, 1.54) is 27.6 Å². The number of H-pyrrole nitrogens is 1. The monoisotopic (exact) mass is 292 g/mol. The fourth-order valence-corrected chi connectivity index (χ4v) is 3.21. The second-order valence-electron chi connectivity index (χ2n) is 5.84. The van der Waals surface area contributed by atoms with Crippen LogP contribution < -0.4 is 5.32 Å². The molecule has 1 saturated heterocycles. The van der Waals surface area contributed by atoms with Crippen LogP contribution in [0.2, 0.25) is 0 Å². The van der Waals surface area contributed by atoms with Crippen molar-refractivity contribution in [1.29, 1.82) is 0 Å². The third kappa shape index (κ3) is 2.65. The molecule has 0 aliphatic carbocycles. The van der Waals surface area contributed by atoms with Gasteiger partial charge in [-0.1, -0.05) is 30.3 Å². The van der Waals surface area contributed by atoms with E-state index < -0.39 is 0 Å². The van der Waals surface area contributed by atoms with Gasteiger partial charge >= 0.3 is 0 Å². The predicted molar refractivity (Wildman–Crippen MR) is 89.1 cm³/mol. The average Bonchev–Trinajstić information content (AvgIpc) is 3.04. The van der Waals surface area contributed by atoms with Gasteiger partial charge in [-0.2, -0.15) is 0 Å². The number of aromatic nitrogens is 1. The first-order chi connectivity index (χ1) is 10.9. The van der Waals surface area contributed by atoms with Crippen molar-refractivity contribution < 1.29 is 4.74 Å². The molecule has 1 unspecified atom stereocenters. The first kappa shape index (κ1) is 13.6. The molecule has 4 rings (SSSR count). The van der Waals surface area contributed by atoms with E-state index in [9.17, 15) is 0 Å². The fraction of sp³-hybridized carbons (Fsp3) is 0.263. The third-order valence-corrected chi connectivity index (χ3v) is 4.34. The molecule has 1 aromatic heterocycles. The summed E-state index contributed by atoms with van der Waals surface area (Å²) in [5.41, 5.74) is 5.19. The number of nitrogens with one attached hydrogen (secondary N) is 2. The minimum Gasteiger partial charge on any atom is -0.371 e. The van der Waals surface area contributed by atoms with Crippen molar-refractivity contribution in [3.63, 3.8) is 0 Å². The Kier molecular flexibility index (Phi) is 3.67. The van der Waals surface area contributed by atoms with Crippen LogP contribution in [0.25, 0.3) is 10.9 Å². The highest BCUT2D eigenvalue weighted by molar-refractivity contribution is 5.80. The van der Waals surface area contributed by atoms with Crippen molar-refractivity contribution in [2.45, 2.75) is 12.5 Å². The molecule has 1 atom stereocenters. The van der Waals surface area contributed by atoms with Gasteiger partial charge in [-0.3, -0.25) is 0 Å². The predicted octanol–water partition coefficient (Wildman–Crippen LogP) is 3.42. The van der Waals surface area contributed by atoms with Gasteiger partial charge in [-0.05, 0) is 46.7 Å². The number of morpholine rings is 1. The van der Waals surface area contributed by atoms with E-state index in [1.807, 2.05) is 6.20 Å². The molecule has 3 aromatic rings. The molecule has 3 heteroatoms. The summed E-state index contributed by atoms with van der Waals surface area (Å²) in [5.74, 6) is 0. The van der Waals surface area contributed by atoms with E-state index in [0.717, 1.165) is 26.1 Å². The van der Waals surface area contributed by atoms with Crippen LogP contribution in [0.3, 0.4) is 0 Å². The summed E-state index contributed by atoms with van der Waals surface area (Å²) in [6.07, 6.45) is 3.10. The summed E-state index contributed by atoms with van der Waals surface area (Å²) in [4.78, 5) is 3.25. The summed E-state index contributed by atoms with van der Waals surface area (Å²) >= 11 is 0. The Hall–Kier alpha value is -2.10. The molecule has 0 saturated carbocycles. The molecule has 0 bridgehead atoms. The van der Waals surface area contributed by atoms with Crippen LogP contribution in [0.1, 0.15) is 22.8 Å². The van der Waals surface area contributed by atoms with Crippen LogP contribution in [0.5, 0.6) is 0 Å². The molecular formula is C19H20N2O. The maximum Gasteiger partial charge on any atom is 0.0952 e. The quantitative estimate of drug-likeness (QED) is 0.776. The minimum absolute atomic E-state index is 0.168. The van der Waals surface area contributed by atoms with Crippen molar-refractivity contribution in [2.75, 3.05) is 19.7 Å². The smallest absolute Gasteiger partial charge is 0.0952 e. The van der Waals surface area contributed by atoms with Crippen LogP contribution >= 0.6 is 0 Å². The molecule has 2 N–H and O–H groups in total. The first-order valence-corrected chi connectivity index (χ1v) is 7.86. The van der Waals surface area contributed by atoms with Crippen LogP contribution in [0.4, 0.5) is 0 Å². The van der Waals surface area contributed by atoms with Gasteiger partial charge in [0, 0.05) is 24.8 Å². The van der Waals surface area contributed by atoms with Crippen molar-refractivity contribution in [2.24, 2.45) is 0 Å². The lowest BCUT2D eigenvalue weighted by atomic mass is 9.95. The maximum absolute atomic E-state index is 5.93. The lowest BCUT2D eigenvalue weighted by molar-refractivity contribution is 0.0272. The SMILES string of the molecule is c1ccc(C2CNCCO2)c(Cc2ccc3[nH]ccc3c2)c1. The van der Waals surface area contributed by atoms with Gasteiger partial charge in [-0.15, -0.1) is 0 Å². The number of rotatable bonds is 3. The molecule has 2 heterocycles. The van der Waals surface area contributed by atoms with Gasteiger partial charge in [-0.25, -0.2) is 0 Å². The second kappa shape index (κ2) is 5.95. The Bertz CT molecular complexity index is 772. The molecule has 22 heavy (non-hydrogen) atoms. The first-order valence-electron chi connectivity index (χ1n) is 7.86. The van der Waals surface area contributed by atoms with E-state index in [4.69, 9.17) is 4.74 Å². The molecule has 0 amide bonds. The highest BCUT2D eigenvalue weighted by atomic mass is 16.5. The van der Waals surface area contributed by atoms with Crippen molar-refractivity contribution in [3.8, 4) is 0 Å². The largest absolute Gasteiger partial charge is 0.371 e. The molecule has 1 aliphatic rings. The van der Waals surface area contributed by atoms with E-state index in [2.05, 4.69) is 58.8 Å². The Labute approximate surface area is 130 Å². The summed E-state index contributed by atoms with van der Waals surface area (Å²) in [7, 11) is 0. The molecule has 2 aromatic carbocycles. The standard InChI is InChI=1S/C19H20N2O/c1-2-4-17(19-13-20-9-10-22-19)15(3-1)11-14-5-6-18-16(12-14)7-8-21-18/h1-8,12,19-21H,9-11,13H2. The van der Waals surface area contributed by atoms with Gasteiger partial charge in [0.05, 0.1) is 12.7 Å². The number of hydrogen-bond acceptors (Lipinski definition) is 2. The summed E-state index contributed by atoms with van der Waals surface area (Å²) in [5, 5.41) is 4.69. The topological polar surface area (TPSA) is 37.0 Å². The van der Waals surface area contributed by atoms with Gasteiger partial charge in [0.15, 0.2) is 0 Å². The average molecular weight is 292 g/mol. The maximum atomic E-state index is 5.93. The van der Waals surface area contributed by atoms with Crippen molar-refractivity contribution >= 4 is 10.9 Å². The van der Waals surface area contributed by atoms with E-state index >= 15 is 0 Å². The molecule has 1 fully saturated rings. The molecule has 3 nitrogen and oxygen atoms in total. The Morgan fingerprint density at radius 3 is 2.95 bits per heavy atom. The van der Waals surface area contributed by atoms with Gasteiger partial charge < -0.3 is 15.0 Å².